The minimum Gasteiger partial charge on any atom is -0.369 e. The zero-order chi connectivity index (χ0) is 22.8. The number of nitrogens with zero attached hydrogens (tertiary/aromatic N) is 4. The van der Waals surface area contributed by atoms with Crippen LogP contribution in [0.3, 0.4) is 0 Å². The molecular formula is C25H25N5O2S. The van der Waals surface area contributed by atoms with Gasteiger partial charge in [-0.15, -0.1) is 11.3 Å². The molecule has 3 aromatic rings. The van der Waals surface area contributed by atoms with Crippen LogP contribution in [0.1, 0.15) is 10.6 Å². The predicted octanol–water partition coefficient (Wildman–Crippen LogP) is 3.29. The highest BCUT2D eigenvalue weighted by Gasteiger charge is 2.39. The molecule has 0 saturated carbocycles. The van der Waals surface area contributed by atoms with E-state index in [2.05, 4.69) is 39.3 Å². The fourth-order valence-corrected chi connectivity index (χ4v) is 4.87. The van der Waals surface area contributed by atoms with Crippen LogP contribution in [0.4, 0.5) is 11.4 Å². The summed E-state index contributed by atoms with van der Waals surface area (Å²) in [5.74, 6) is -0.637. The first-order chi connectivity index (χ1) is 16.1. The predicted molar refractivity (Wildman–Crippen MR) is 131 cm³/mol. The normalized spacial score (nSPS) is 17.2. The maximum atomic E-state index is 13.3. The molecule has 0 bridgehead atoms. The molecule has 5 rings (SSSR count). The lowest BCUT2D eigenvalue weighted by Gasteiger charge is -2.34. The van der Waals surface area contributed by atoms with Gasteiger partial charge in [-0.1, -0.05) is 12.1 Å². The second-order valence-electron chi connectivity index (χ2n) is 8.21. The number of rotatable bonds is 6. The number of hydrogen-bond acceptors (Lipinski definition) is 7. The summed E-state index contributed by atoms with van der Waals surface area (Å²) >= 11 is 1.45. The van der Waals surface area contributed by atoms with E-state index >= 15 is 0 Å². The maximum absolute atomic E-state index is 13.3. The number of likely N-dealkylation sites (N-methyl/N-ethyl adjacent to an activating group) is 1. The van der Waals surface area contributed by atoms with E-state index in [4.69, 9.17) is 0 Å². The molecule has 33 heavy (non-hydrogen) atoms. The minimum absolute atomic E-state index is 0.140. The van der Waals surface area contributed by atoms with Crippen molar-refractivity contribution >= 4 is 40.1 Å². The molecule has 168 valence electrons. The van der Waals surface area contributed by atoms with Crippen molar-refractivity contribution in [2.45, 2.75) is 6.54 Å². The second kappa shape index (κ2) is 9.17. The van der Waals surface area contributed by atoms with E-state index in [1.165, 1.54) is 16.2 Å². The Morgan fingerprint density at radius 1 is 0.939 bits per heavy atom. The highest BCUT2D eigenvalue weighted by molar-refractivity contribution is 7.11. The first-order valence-corrected chi connectivity index (χ1v) is 11.8. The zero-order valence-electron chi connectivity index (χ0n) is 18.4. The number of hydrogen-bond donors (Lipinski definition) is 1. The van der Waals surface area contributed by atoms with Crippen LogP contribution in [0.25, 0.3) is 5.57 Å². The number of aromatic nitrogens is 1. The third-order valence-corrected chi connectivity index (χ3v) is 6.87. The number of benzene rings is 1. The lowest BCUT2D eigenvalue weighted by atomic mass is 10.1. The number of carbonyl (C=O) groups excluding carboxylic acids is 2. The summed E-state index contributed by atoms with van der Waals surface area (Å²) in [5, 5.41) is 5.15. The van der Waals surface area contributed by atoms with Gasteiger partial charge in [-0.25, -0.2) is 0 Å². The quantitative estimate of drug-likeness (QED) is 0.571. The molecular weight excluding hydrogens is 434 g/mol. The van der Waals surface area contributed by atoms with Crippen LogP contribution < -0.4 is 10.2 Å². The molecule has 1 saturated heterocycles. The fraction of sp³-hybridized carbons (Fsp3) is 0.240. The monoisotopic (exact) mass is 459 g/mol. The smallest absolute Gasteiger partial charge is 0.278 e. The highest BCUT2D eigenvalue weighted by atomic mass is 32.1. The Labute approximate surface area is 197 Å². The molecule has 0 spiro atoms. The van der Waals surface area contributed by atoms with E-state index in [0.29, 0.717) is 17.0 Å². The third kappa shape index (κ3) is 4.40. The average molecular weight is 460 g/mol. The molecule has 7 nitrogen and oxygen atoms in total. The number of carbonyl (C=O) groups is 2. The molecule has 1 fully saturated rings. The van der Waals surface area contributed by atoms with Gasteiger partial charge < -0.3 is 15.1 Å². The molecule has 0 aliphatic carbocycles. The Morgan fingerprint density at radius 3 is 2.39 bits per heavy atom. The van der Waals surface area contributed by atoms with Gasteiger partial charge in [-0.05, 0) is 54.9 Å². The van der Waals surface area contributed by atoms with Gasteiger partial charge in [0.15, 0.2) is 0 Å². The molecule has 2 aliphatic rings. The summed E-state index contributed by atoms with van der Waals surface area (Å²) < 4.78 is 0. The van der Waals surface area contributed by atoms with Crippen molar-refractivity contribution in [1.82, 2.24) is 14.8 Å². The third-order valence-electron chi connectivity index (χ3n) is 5.99. The van der Waals surface area contributed by atoms with Crippen LogP contribution in [0.2, 0.25) is 0 Å². The number of anilines is 2. The van der Waals surface area contributed by atoms with Gasteiger partial charge in [0.1, 0.15) is 5.70 Å². The van der Waals surface area contributed by atoms with Crippen molar-refractivity contribution in [2.75, 3.05) is 43.4 Å². The van der Waals surface area contributed by atoms with Gasteiger partial charge in [-0.2, -0.15) is 0 Å². The lowest BCUT2D eigenvalue weighted by Crippen LogP contribution is -2.44. The fourth-order valence-electron chi connectivity index (χ4n) is 4.10. The summed E-state index contributed by atoms with van der Waals surface area (Å²) in [4.78, 5) is 37.6. The molecule has 8 heteroatoms. The minimum atomic E-state index is -0.336. The number of imide groups is 1. The van der Waals surface area contributed by atoms with E-state index in [-0.39, 0.29) is 18.4 Å². The van der Waals surface area contributed by atoms with E-state index in [1.54, 1.807) is 6.20 Å². The van der Waals surface area contributed by atoms with Crippen LogP contribution in [0.5, 0.6) is 0 Å². The van der Waals surface area contributed by atoms with Crippen LogP contribution in [0.15, 0.2) is 71.9 Å². The van der Waals surface area contributed by atoms with Gasteiger partial charge >= 0.3 is 0 Å². The van der Waals surface area contributed by atoms with Crippen LogP contribution in [0, 0.1) is 0 Å². The van der Waals surface area contributed by atoms with Crippen molar-refractivity contribution in [2.24, 2.45) is 0 Å². The summed E-state index contributed by atoms with van der Waals surface area (Å²) in [7, 11) is 2.14. The van der Waals surface area contributed by atoms with Crippen molar-refractivity contribution < 1.29 is 9.59 Å². The van der Waals surface area contributed by atoms with Crippen molar-refractivity contribution in [3.63, 3.8) is 0 Å². The SMILES string of the molecule is CN1CCN(c2ccc(NC3=C(c4cccs4)C(=O)N(Cc4ccccn4)C3=O)cc2)CC1. The number of pyridine rings is 1. The van der Waals surface area contributed by atoms with E-state index in [9.17, 15) is 9.59 Å². The van der Waals surface area contributed by atoms with E-state index in [1.807, 2.05) is 47.8 Å². The van der Waals surface area contributed by atoms with Crippen LogP contribution >= 0.6 is 11.3 Å². The number of piperazine rings is 1. The van der Waals surface area contributed by atoms with Crippen LogP contribution in [-0.4, -0.2) is 59.8 Å². The van der Waals surface area contributed by atoms with Gasteiger partial charge in [0.25, 0.3) is 11.8 Å². The zero-order valence-corrected chi connectivity index (χ0v) is 19.2. The Balaban J connectivity index is 1.39. The summed E-state index contributed by atoms with van der Waals surface area (Å²) in [6.07, 6.45) is 1.66. The summed E-state index contributed by atoms with van der Waals surface area (Å²) in [5.41, 5.74) is 3.33. The largest absolute Gasteiger partial charge is 0.369 e. The molecule has 2 aromatic heterocycles. The molecule has 0 atom stereocenters. The molecule has 0 unspecified atom stereocenters. The Bertz CT molecular complexity index is 1170. The summed E-state index contributed by atoms with van der Waals surface area (Å²) in [6.45, 7) is 4.21. The number of thiophene rings is 1. The Kier molecular flexibility index (Phi) is 5.93. The molecule has 2 amide bonds. The van der Waals surface area contributed by atoms with E-state index in [0.717, 1.165) is 42.4 Å². The Hall–Kier alpha value is -3.49. The lowest BCUT2D eigenvalue weighted by molar-refractivity contribution is -0.137. The molecule has 2 aliphatic heterocycles. The molecule has 1 aromatic carbocycles. The van der Waals surface area contributed by atoms with Gasteiger partial charge in [0.05, 0.1) is 17.8 Å². The number of amides is 2. The van der Waals surface area contributed by atoms with Crippen molar-refractivity contribution in [1.29, 1.82) is 0 Å². The Morgan fingerprint density at radius 2 is 1.73 bits per heavy atom. The summed E-state index contributed by atoms with van der Waals surface area (Å²) in [6, 6.07) is 17.3. The standard InChI is InChI=1S/C25H25N5O2S/c1-28-12-14-29(15-13-28)20-9-7-18(8-10-20)27-23-22(21-6-4-16-33-21)24(31)30(25(23)32)17-19-5-2-3-11-26-19/h2-11,16,27H,12-15,17H2,1H3. The van der Waals surface area contributed by atoms with Crippen LogP contribution in [-0.2, 0) is 16.1 Å². The number of nitrogens with one attached hydrogen (secondary N) is 1. The van der Waals surface area contributed by atoms with E-state index < -0.39 is 0 Å². The maximum Gasteiger partial charge on any atom is 0.278 e. The van der Waals surface area contributed by atoms with Gasteiger partial charge in [0, 0.05) is 48.6 Å². The topological polar surface area (TPSA) is 68.8 Å². The second-order valence-corrected chi connectivity index (χ2v) is 9.15. The average Bonchev–Trinajstić information content (AvgIpc) is 3.44. The van der Waals surface area contributed by atoms with Crippen molar-refractivity contribution in [3.8, 4) is 0 Å². The molecule has 0 radical (unpaired) electrons. The first kappa shape index (κ1) is 21.4. The first-order valence-electron chi connectivity index (χ1n) is 10.9. The van der Waals surface area contributed by atoms with Gasteiger partial charge in [0.2, 0.25) is 0 Å². The molecule has 4 heterocycles. The van der Waals surface area contributed by atoms with Crippen molar-refractivity contribution in [3.05, 3.63) is 82.4 Å². The highest BCUT2D eigenvalue weighted by Crippen LogP contribution is 2.33. The molecule has 1 N–H and O–H groups in total. The van der Waals surface area contributed by atoms with Gasteiger partial charge in [-0.3, -0.25) is 19.5 Å².